The highest BCUT2D eigenvalue weighted by Crippen LogP contribution is 2.06. The molecule has 0 saturated carbocycles. The topological polar surface area (TPSA) is 59.6 Å². The second kappa shape index (κ2) is 13.3. The molecule has 0 heterocycles. The fourth-order valence-electron chi connectivity index (χ4n) is 1.61. The third-order valence-corrected chi connectivity index (χ3v) is 2.66. The molecule has 0 aromatic rings. The van der Waals surface area contributed by atoms with Gasteiger partial charge in [0.25, 0.3) is 0 Å². The highest BCUT2D eigenvalue weighted by molar-refractivity contribution is 5.77. The molecule has 4 nitrogen and oxygen atoms in total. The lowest BCUT2D eigenvalue weighted by Gasteiger charge is -2.04. The van der Waals surface area contributed by atoms with Crippen LogP contribution in [0.15, 0.2) is 4.99 Å². The molecule has 0 aliphatic heterocycles. The summed E-state index contributed by atoms with van der Waals surface area (Å²) in [5.41, 5.74) is 5.68. The van der Waals surface area contributed by atoms with E-state index < -0.39 is 0 Å². The van der Waals surface area contributed by atoms with Crippen molar-refractivity contribution in [3.63, 3.8) is 0 Å². The molecule has 17 heavy (non-hydrogen) atoms. The molecule has 0 amide bonds. The fourth-order valence-corrected chi connectivity index (χ4v) is 1.61. The molecule has 0 radical (unpaired) electrons. The minimum Gasteiger partial charge on any atom is -0.383 e. The maximum atomic E-state index is 5.68. The molecule has 0 saturated heterocycles. The fraction of sp³-hybridized carbons (Fsp3) is 0.923. The van der Waals surface area contributed by atoms with E-state index in [0.29, 0.717) is 12.6 Å². The molecule has 0 unspecified atom stereocenters. The van der Waals surface area contributed by atoms with E-state index in [0.717, 1.165) is 19.5 Å². The molecule has 0 bridgehead atoms. The van der Waals surface area contributed by atoms with Gasteiger partial charge in [-0.3, -0.25) is 4.99 Å². The molecular formula is C13H29N3O. The molecule has 0 aliphatic rings. The molecule has 0 rings (SSSR count). The zero-order valence-electron chi connectivity index (χ0n) is 11.5. The van der Waals surface area contributed by atoms with Gasteiger partial charge in [-0.05, 0) is 6.42 Å². The zero-order valence-corrected chi connectivity index (χ0v) is 11.5. The summed E-state index contributed by atoms with van der Waals surface area (Å²) in [6.45, 7) is 4.46. The quantitative estimate of drug-likeness (QED) is 0.332. The number of nitrogens with two attached hydrogens (primary N) is 1. The van der Waals surface area contributed by atoms with E-state index in [-0.39, 0.29) is 0 Å². The molecule has 0 aliphatic carbocycles. The van der Waals surface area contributed by atoms with Gasteiger partial charge in [0.1, 0.15) is 0 Å². The van der Waals surface area contributed by atoms with Gasteiger partial charge in [-0.2, -0.15) is 0 Å². The Hall–Kier alpha value is -0.770. The van der Waals surface area contributed by atoms with E-state index in [1.807, 2.05) is 0 Å². The van der Waals surface area contributed by atoms with Crippen LogP contribution in [0.25, 0.3) is 0 Å². The highest BCUT2D eigenvalue weighted by atomic mass is 16.5. The van der Waals surface area contributed by atoms with Crippen LogP contribution in [0.3, 0.4) is 0 Å². The van der Waals surface area contributed by atoms with E-state index >= 15 is 0 Å². The Balaban J connectivity index is 3.22. The van der Waals surface area contributed by atoms with Crippen LogP contribution in [0.5, 0.6) is 0 Å². The third kappa shape index (κ3) is 13.2. The van der Waals surface area contributed by atoms with Crippen LogP contribution < -0.4 is 11.1 Å². The Morgan fingerprint density at radius 1 is 1.12 bits per heavy atom. The van der Waals surface area contributed by atoms with Crippen LogP contribution in [0.2, 0.25) is 0 Å². The number of hydrogen-bond acceptors (Lipinski definition) is 2. The Bertz CT molecular complexity index is 184. The van der Waals surface area contributed by atoms with Crippen molar-refractivity contribution < 1.29 is 4.74 Å². The van der Waals surface area contributed by atoms with Crippen molar-refractivity contribution in [3.05, 3.63) is 0 Å². The third-order valence-electron chi connectivity index (χ3n) is 2.66. The zero-order chi connectivity index (χ0) is 12.8. The maximum Gasteiger partial charge on any atom is 0.188 e. The minimum atomic E-state index is 0.535. The Morgan fingerprint density at radius 2 is 1.76 bits per heavy atom. The predicted octanol–water partition coefficient (Wildman–Crippen LogP) is 2.29. The van der Waals surface area contributed by atoms with Crippen LogP contribution in [-0.2, 0) is 4.74 Å². The van der Waals surface area contributed by atoms with Gasteiger partial charge >= 0.3 is 0 Å². The van der Waals surface area contributed by atoms with E-state index in [1.54, 1.807) is 7.11 Å². The van der Waals surface area contributed by atoms with Crippen molar-refractivity contribution in [1.29, 1.82) is 0 Å². The predicted molar refractivity (Wildman–Crippen MR) is 74.4 cm³/mol. The molecule has 0 aromatic heterocycles. The molecule has 0 fully saturated rings. The first-order chi connectivity index (χ1) is 8.31. The summed E-state index contributed by atoms with van der Waals surface area (Å²) < 4.78 is 4.91. The van der Waals surface area contributed by atoms with E-state index in [1.165, 1.54) is 38.5 Å². The van der Waals surface area contributed by atoms with Crippen molar-refractivity contribution in [3.8, 4) is 0 Å². The van der Waals surface area contributed by atoms with Gasteiger partial charge < -0.3 is 15.8 Å². The Labute approximate surface area is 106 Å². The Morgan fingerprint density at radius 3 is 2.41 bits per heavy atom. The van der Waals surface area contributed by atoms with E-state index in [9.17, 15) is 0 Å². The van der Waals surface area contributed by atoms with Crippen molar-refractivity contribution in [2.45, 2.75) is 51.9 Å². The lowest BCUT2D eigenvalue weighted by atomic mass is 10.1. The van der Waals surface area contributed by atoms with Gasteiger partial charge in [0.05, 0.1) is 6.61 Å². The normalized spacial score (nSPS) is 11.8. The number of ether oxygens (including phenoxy) is 1. The van der Waals surface area contributed by atoms with Gasteiger partial charge in [0.2, 0.25) is 0 Å². The summed E-state index contributed by atoms with van der Waals surface area (Å²) >= 11 is 0. The average molecular weight is 243 g/mol. The summed E-state index contributed by atoms with van der Waals surface area (Å²) in [4.78, 5) is 4.26. The smallest absolute Gasteiger partial charge is 0.188 e. The number of nitrogens with zero attached hydrogens (tertiary/aromatic N) is 1. The van der Waals surface area contributed by atoms with Crippen LogP contribution in [-0.4, -0.2) is 32.8 Å². The molecular weight excluding hydrogens is 214 g/mol. The second-order valence-corrected chi connectivity index (χ2v) is 4.31. The summed E-state index contributed by atoms with van der Waals surface area (Å²) in [5, 5.41) is 3.01. The number of nitrogens with one attached hydrogen (secondary N) is 1. The van der Waals surface area contributed by atoms with Crippen molar-refractivity contribution >= 4 is 5.96 Å². The minimum absolute atomic E-state index is 0.535. The van der Waals surface area contributed by atoms with Crippen LogP contribution in [0.4, 0.5) is 0 Å². The van der Waals surface area contributed by atoms with Crippen LogP contribution in [0.1, 0.15) is 51.9 Å². The first kappa shape index (κ1) is 16.2. The lowest BCUT2D eigenvalue weighted by Crippen LogP contribution is -2.34. The summed E-state index contributed by atoms with van der Waals surface area (Å²) in [5.74, 6) is 0.535. The molecule has 0 spiro atoms. The van der Waals surface area contributed by atoms with Crippen molar-refractivity contribution in [2.24, 2.45) is 10.7 Å². The van der Waals surface area contributed by atoms with Crippen molar-refractivity contribution in [1.82, 2.24) is 5.32 Å². The highest BCUT2D eigenvalue weighted by Gasteiger charge is 1.92. The van der Waals surface area contributed by atoms with Crippen molar-refractivity contribution in [2.75, 3.05) is 26.8 Å². The SMILES string of the molecule is CCCCCCCCCN=C(N)NCCOC. The van der Waals surface area contributed by atoms with E-state index in [4.69, 9.17) is 10.5 Å². The summed E-state index contributed by atoms with van der Waals surface area (Å²) in [7, 11) is 1.67. The second-order valence-electron chi connectivity index (χ2n) is 4.31. The average Bonchev–Trinajstić information content (AvgIpc) is 2.33. The van der Waals surface area contributed by atoms with Gasteiger partial charge in [-0.1, -0.05) is 45.4 Å². The van der Waals surface area contributed by atoms with Gasteiger partial charge in [0.15, 0.2) is 5.96 Å². The summed E-state index contributed by atoms with van der Waals surface area (Å²) in [6, 6.07) is 0. The van der Waals surface area contributed by atoms with Gasteiger partial charge in [-0.25, -0.2) is 0 Å². The molecule has 0 aromatic carbocycles. The largest absolute Gasteiger partial charge is 0.383 e. The molecule has 4 heteroatoms. The molecule has 3 N–H and O–H groups in total. The first-order valence-corrected chi connectivity index (χ1v) is 6.84. The van der Waals surface area contributed by atoms with Gasteiger partial charge in [-0.15, -0.1) is 0 Å². The Kier molecular flexibility index (Phi) is 12.7. The number of aliphatic imine (C=N–C) groups is 1. The van der Waals surface area contributed by atoms with E-state index in [2.05, 4.69) is 17.2 Å². The first-order valence-electron chi connectivity index (χ1n) is 6.84. The summed E-state index contributed by atoms with van der Waals surface area (Å²) in [6.07, 6.45) is 9.14. The number of hydrogen-bond donors (Lipinski definition) is 2. The molecule has 102 valence electrons. The van der Waals surface area contributed by atoms with Crippen LogP contribution >= 0.6 is 0 Å². The number of methoxy groups -OCH3 is 1. The lowest BCUT2D eigenvalue weighted by molar-refractivity contribution is 0.204. The molecule has 0 atom stereocenters. The number of guanidine groups is 1. The number of unbranched alkanes of at least 4 members (excludes halogenated alkanes) is 6. The van der Waals surface area contributed by atoms with Crippen LogP contribution in [0, 0.1) is 0 Å². The number of rotatable bonds is 11. The monoisotopic (exact) mass is 243 g/mol. The maximum absolute atomic E-state index is 5.68. The van der Waals surface area contributed by atoms with Gasteiger partial charge in [0, 0.05) is 20.2 Å². The standard InChI is InChI=1S/C13H29N3O/c1-3-4-5-6-7-8-9-10-15-13(14)16-11-12-17-2/h3-12H2,1-2H3,(H3,14,15,16).